The summed E-state index contributed by atoms with van der Waals surface area (Å²) in [6.07, 6.45) is -2.09. The maximum Gasteiger partial charge on any atom is 0.416 e. The van der Waals surface area contributed by atoms with Crippen molar-refractivity contribution in [2.24, 2.45) is 0 Å². The average Bonchev–Trinajstić information content (AvgIpc) is 3.30. The summed E-state index contributed by atoms with van der Waals surface area (Å²) in [5.41, 5.74) is 1.81. The lowest BCUT2D eigenvalue weighted by Crippen LogP contribution is -2.08. The van der Waals surface area contributed by atoms with Crippen molar-refractivity contribution in [1.29, 1.82) is 0 Å². The van der Waals surface area contributed by atoms with E-state index in [0.717, 1.165) is 23.2 Å². The third kappa shape index (κ3) is 4.33. The molecule has 0 atom stereocenters. The van der Waals surface area contributed by atoms with Crippen molar-refractivity contribution < 1.29 is 17.7 Å². The average molecular weight is 437 g/mol. The minimum Gasteiger partial charge on any atom is -0.334 e. The fraction of sp³-hybridized carbons (Fsp3) is 0.286. The van der Waals surface area contributed by atoms with Crippen molar-refractivity contribution in [1.82, 2.24) is 19.7 Å². The summed E-state index contributed by atoms with van der Waals surface area (Å²) in [6, 6.07) is 10.8. The van der Waals surface area contributed by atoms with Crippen LogP contribution in [0.3, 0.4) is 0 Å². The number of hydrogen-bond donors (Lipinski definition) is 0. The first kappa shape index (κ1) is 21.8. The van der Waals surface area contributed by atoms with Crippen LogP contribution in [-0.2, 0) is 19.1 Å². The van der Waals surface area contributed by atoms with Gasteiger partial charge in [0.05, 0.1) is 5.56 Å². The second-order valence-electron chi connectivity index (χ2n) is 7.13. The van der Waals surface area contributed by atoms with Gasteiger partial charge in [-0.2, -0.15) is 18.2 Å². The molecule has 0 spiro atoms. The monoisotopic (exact) mass is 436 g/mol. The summed E-state index contributed by atoms with van der Waals surface area (Å²) in [6.45, 7) is 4.88. The number of rotatable bonds is 5. The Kier molecular flexibility index (Phi) is 6.17. The van der Waals surface area contributed by atoms with Crippen LogP contribution in [0.15, 0.2) is 53.2 Å². The van der Waals surface area contributed by atoms with Crippen LogP contribution < -0.4 is 0 Å². The van der Waals surface area contributed by atoms with Crippen LogP contribution in [0.5, 0.6) is 0 Å². The molecule has 30 heavy (non-hydrogen) atoms. The third-order valence-electron chi connectivity index (χ3n) is 4.77. The highest BCUT2D eigenvalue weighted by molar-refractivity contribution is 5.85. The molecule has 0 saturated heterocycles. The number of hydrogen-bond acceptors (Lipinski definition) is 4. The molecule has 0 fully saturated rings. The molecule has 0 bridgehead atoms. The van der Waals surface area contributed by atoms with Crippen LogP contribution in [0.25, 0.3) is 22.5 Å². The highest BCUT2D eigenvalue weighted by Crippen LogP contribution is 2.30. The largest absolute Gasteiger partial charge is 0.416 e. The fourth-order valence-electron chi connectivity index (χ4n) is 3.31. The molecule has 4 aromatic rings. The van der Waals surface area contributed by atoms with Crippen LogP contribution in [0.1, 0.15) is 36.8 Å². The maximum absolute atomic E-state index is 12.7. The van der Waals surface area contributed by atoms with E-state index in [-0.39, 0.29) is 18.3 Å². The van der Waals surface area contributed by atoms with Crippen LogP contribution in [0.4, 0.5) is 13.2 Å². The molecular weight excluding hydrogens is 417 g/mol. The predicted octanol–water partition coefficient (Wildman–Crippen LogP) is 5.89. The van der Waals surface area contributed by atoms with Crippen molar-refractivity contribution >= 4 is 23.4 Å². The summed E-state index contributed by atoms with van der Waals surface area (Å²) >= 11 is 0. The molecule has 0 unspecified atom stereocenters. The zero-order chi connectivity index (χ0) is 20.6. The van der Waals surface area contributed by atoms with Crippen LogP contribution in [0, 0.1) is 0 Å². The highest BCUT2D eigenvalue weighted by atomic mass is 35.5. The number of fused-ring (bicyclic) bond motifs is 1. The molecule has 0 aliphatic heterocycles. The Morgan fingerprint density at radius 2 is 1.83 bits per heavy atom. The van der Waals surface area contributed by atoms with Gasteiger partial charge in [0, 0.05) is 35.8 Å². The lowest BCUT2D eigenvalue weighted by molar-refractivity contribution is -0.137. The molecule has 0 amide bonds. The maximum atomic E-state index is 12.7. The van der Waals surface area contributed by atoms with E-state index < -0.39 is 11.7 Å². The van der Waals surface area contributed by atoms with Crippen LogP contribution >= 0.6 is 12.4 Å². The van der Waals surface area contributed by atoms with Crippen LogP contribution in [-0.4, -0.2) is 19.7 Å². The number of aromatic nitrogens is 4. The second kappa shape index (κ2) is 8.47. The Morgan fingerprint density at radius 1 is 1.10 bits per heavy atom. The first-order valence-electron chi connectivity index (χ1n) is 9.27. The highest BCUT2D eigenvalue weighted by Gasteiger charge is 2.30. The third-order valence-corrected chi connectivity index (χ3v) is 4.77. The van der Waals surface area contributed by atoms with Gasteiger partial charge in [-0.3, -0.25) is 0 Å². The van der Waals surface area contributed by atoms with Gasteiger partial charge >= 0.3 is 6.18 Å². The summed E-state index contributed by atoms with van der Waals surface area (Å²) < 4.78 is 45.5. The first-order valence-corrected chi connectivity index (χ1v) is 9.27. The van der Waals surface area contributed by atoms with Gasteiger partial charge in [0.25, 0.3) is 5.89 Å². The standard InChI is InChI=1S/C21H19F3N4O.ClH/c1-13(2)17-12-15-4-3-10-25-19(15)28(17)11-9-18-26-20(29-27-18)14-5-7-16(8-6-14)21(22,23)24;/h3-8,10,12-13H,9,11H2,1-2H3;1H. The lowest BCUT2D eigenvalue weighted by atomic mass is 10.1. The van der Waals surface area contributed by atoms with Gasteiger partial charge in [-0.05, 0) is 48.4 Å². The zero-order valence-corrected chi connectivity index (χ0v) is 17.2. The van der Waals surface area contributed by atoms with E-state index >= 15 is 0 Å². The van der Waals surface area contributed by atoms with Crippen molar-refractivity contribution in [2.45, 2.75) is 38.9 Å². The molecule has 0 radical (unpaired) electrons. The van der Waals surface area contributed by atoms with Gasteiger partial charge in [0.1, 0.15) is 5.65 Å². The minimum absolute atomic E-state index is 0. The zero-order valence-electron chi connectivity index (χ0n) is 16.3. The van der Waals surface area contributed by atoms with E-state index in [1.54, 1.807) is 6.20 Å². The van der Waals surface area contributed by atoms with E-state index in [1.165, 1.54) is 17.8 Å². The predicted molar refractivity (Wildman–Crippen MR) is 110 cm³/mol. The summed E-state index contributed by atoms with van der Waals surface area (Å²) in [4.78, 5) is 8.82. The molecule has 3 aromatic heterocycles. The van der Waals surface area contributed by atoms with Crippen molar-refractivity contribution in [2.75, 3.05) is 0 Å². The van der Waals surface area contributed by atoms with E-state index in [1.807, 2.05) is 12.1 Å². The van der Waals surface area contributed by atoms with E-state index in [2.05, 4.69) is 39.6 Å². The first-order chi connectivity index (χ1) is 13.8. The van der Waals surface area contributed by atoms with Gasteiger partial charge in [-0.15, -0.1) is 12.4 Å². The summed E-state index contributed by atoms with van der Waals surface area (Å²) in [7, 11) is 0. The molecule has 0 aliphatic rings. The Balaban J connectivity index is 0.00000256. The van der Waals surface area contributed by atoms with Gasteiger partial charge < -0.3 is 9.09 Å². The van der Waals surface area contributed by atoms with E-state index in [4.69, 9.17) is 4.52 Å². The molecular formula is C21H20ClF3N4O. The number of halogens is 4. The van der Waals surface area contributed by atoms with Gasteiger partial charge in [-0.1, -0.05) is 19.0 Å². The normalized spacial score (nSPS) is 11.8. The molecule has 3 heterocycles. The second-order valence-corrected chi connectivity index (χ2v) is 7.13. The lowest BCUT2D eigenvalue weighted by Gasteiger charge is -2.11. The fourth-order valence-corrected chi connectivity index (χ4v) is 3.31. The summed E-state index contributed by atoms with van der Waals surface area (Å²) in [5.74, 6) is 1.03. The van der Waals surface area contributed by atoms with E-state index in [0.29, 0.717) is 30.3 Å². The Morgan fingerprint density at radius 3 is 2.50 bits per heavy atom. The minimum atomic E-state index is -4.37. The van der Waals surface area contributed by atoms with Crippen molar-refractivity contribution in [3.63, 3.8) is 0 Å². The molecule has 158 valence electrons. The smallest absolute Gasteiger partial charge is 0.334 e. The van der Waals surface area contributed by atoms with E-state index in [9.17, 15) is 13.2 Å². The Labute approximate surface area is 177 Å². The topological polar surface area (TPSA) is 56.7 Å². The molecule has 0 aliphatic carbocycles. The number of aryl methyl sites for hydroxylation is 2. The number of pyridine rings is 1. The molecule has 0 saturated carbocycles. The number of alkyl halides is 3. The quantitative estimate of drug-likeness (QED) is 0.391. The molecule has 5 nitrogen and oxygen atoms in total. The Bertz CT molecular complexity index is 1130. The van der Waals surface area contributed by atoms with Gasteiger partial charge in [0.15, 0.2) is 5.82 Å². The Hall–Kier alpha value is -2.87. The molecule has 9 heteroatoms. The van der Waals surface area contributed by atoms with Crippen molar-refractivity contribution in [3.05, 3.63) is 65.7 Å². The van der Waals surface area contributed by atoms with Gasteiger partial charge in [-0.25, -0.2) is 4.98 Å². The number of benzene rings is 1. The molecule has 4 rings (SSSR count). The SMILES string of the molecule is CC(C)c1cc2cccnc2n1CCc1noc(-c2ccc(C(F)(F)F)cc2)n1.Cl. The van der Waals surface area contributed by atoms with Gasteiger partial charge in [0.2, 0.25) is 0 Å². The van der Waals surface area contributed by atoms with Crippen LogP contribution in [0.2, 0.25) is 0 Å². The van der Waals surface area contributed by atoms with Crippen molar-refractivity contribution in [3.8, 4) is 11.5 Å². The molecule has 0 N–H and O–H groups in total. The molecule has 1 aromatic carbocycles. The summed E-state index contributed by atoms with van der Waals surface area (Å²) in [5, 5.41) is 5.05. The number of nitrogens with zero attached hydrogens (tertiary/aromatic N) is 4.